The summed E-state index contributed by atoms with van der Waals surface area (Å²) >= 11 is 0. The molecule has 0 nitrogen and oxygen atoms in total. The molecule has 0 N–H and O–H groups in total. The summed E-state index contributed by atoms with van der Waals surface area (Å²) < 4.78 is 0. The van der Waals surface area contributed by atoms with Crippen molar-refractivity contribution in [3.8, 4) is 0 Å². The smallest absolute Gasteiger partial charge is 0.358 e. The Balaban J connectivity index is -0.0000000480. The van der Waals surface area contributed by atoms with Crippen molar-refractivity contribution >= 4 is 16.1 Å². The molecule has 0 atom stereocenters. The molecule has 0 aliphatic heterocycles. The first-order valence-corrected chi connectivity index (χ1v) is 12.2. The molecule has 0 saturated heterocycles. The van der Waals surface area contributed by atoms with Crippen molar-refractivity contribution in [1.82, 2.24) is 0 Å². The molecular formula is C14H32Si2Ti. The van der Waals surface area contributed by atoms with E-state index in [1.165, 1.54) is 0 Å². The third-order valence-electron chi connectivity index (χ3n) is 1.24. The first-order chi connectivity index (χ1) is 6.12. The standard InChI is InChI=1S/2C6H13Si.2CH3.Ti/c2*1-5-6-7(2,3)4;;;/h2*5-6H,1H2,2-4H3;2*1H3;/q4*-1;+4/b6-5+;;;;. The maximum absolute atomic E-state index is 3.63. The molecule has 0 aromatic carbocycles. The van der Waals surface area contributed by atoms with Gasteiger partial charge < -0.3 is 14.9 Å². The van der Waals surface area contributed by atoms with Crippen LogP contribution in [0.25, 0.3) is 0 Å². The van der Waals surface area contributed by atoms with Crippen LogP contribution in [0.2, 0.25) is 39.3 Å². The van der Waals surface area contributed by atoms with Crippen LogP contribution < -0.4 is 0 Å². The van der Waals surface area contributed by atoms with Gasteiger partial charge in [-0.15, -0.1) is 0 Å². The summed E-state index contributed by atoms with van der Waals surface area (Å²) in [5.74, 6) is 0. The second kappa shape index (κ2) is 14.4. The summed E-state index contributed by atoms with van der Waals surface area (Å²) in [4.78, 5) is 0. The van der Waals surface area contributed by atoms with E-state index in [1.54, 1.807) is 0 Å². The summed E-state index contributed by atoms with van der Waals surface area (Å²) in [6.07, 6.45) is 3.79. The van der Waals surface area contributed by atoms with Crippen LogP contribution >= 0.6 is 0 Å². The molecule has 0 heterocycles. The van der Waals surface area contributed by atoms with Gasteiger partial charge in [0.2, 0.25) is 0 Å². The van der Waals surface area contributed by atoms with Gasteiger partial charge in [0.15, 0.2) is 0 Å². The zero-order valence-corrected chi connectivity index (χ0v) is 16.8. The molecule has 0 radical (unpaired) electrons. The summed E-state index contributed by atoms with van der Waals surface area (Å²) in [5, 5.41) is 0. The van der Waals surface area contributed by atoms with Gasteiger partial charge in [-0.2, -0.15) is 0 Å². The molecule has 0 aliphatic rings. The van der Waals surface area contributed by atoms with Crippen molar-refractivity contribution in [3.63, 3.8) is 0 Å². The third kappa shape index (κ3) is 48.3. The van der Waals surface area contributed by atoms with E-state index in [0.717, 1.165) is 0 Å². The Labute approximate surface area is 129 Å². The second-order valence-electron chi connectivity index (χ2n) is 5.54. The van der Waals surface area contributed by atoms with Crippen molar-refractivity contribution in [3.05, 3.63) is 52.3 Å². The zero-order valence-electron chi connectivity index (χ0n) is 13.2. The fraction of sp³-hybridized carbons (Fsp3) is 0.429. The number of rotatable bonds is 2. The summed E-state index contributed by atoms with van der Waals surface area (Å²) in [6, 6.07) is 0. The maximum Gasteiger partial charge on any atom is 4.00 e. The maximum atomic E-state index is 3.63. The van der Waals surface area contributed by atoms with E-state index in [1.807, 2.05) is 12.2 Å². The van der Waals surface area contributed by atoms with Crippen LogP contribution in [0, 0.1) is 28.7 Å². The van der Waals surface area contributed by atoms with Crippen LogP contribution in [0.3, 0.4) is 0 Å². The van der Waals surface area contributed by atoms with Gasteiger partial charge in [0.25, 0.3) is 0 Å². The average molecular weight is 304 g/mol. The van der Waals surface area contributed by atoms with Gasteiger partial charge in [0, 0.05) is 0 Å². The number of hydrogen-bond acceptors (Lipinski definition) is 0. The van der Waals surface area contributed by atoms with Crippen LogP contribution in [0.4, 0.5) is 0 Å². The van der Waals surface area contributed by atoms with Crippen molar-refractivity contribution in [2.24, 2.45) is 0 Å². The van der Waals surface area contributed by atoms with Gasteiger partial charge >= 0.3 is 21.7 Å². The Bertz CT molecular complexity index is 161. The number of allylic oxidation sites excluding steroid dienone is 2. The molecule has 0 fully saturated rings. The van der Waals surface area contributed by atoms with Gasteiger partial charge in [0.1, 0.15) is 0 Å². The Hall–Kier alpha value is 0.368. The molecule has 0 aromatic rings. The molecule has 0 unspecified atom stereocenters. The Morgan fingerprint density at radius 2 is 0.824 bits per heavy atom. The minimum absolute atomic E-state index is 0. The minimum Gasteiger partial charge on any atom is -0.358 e. The Kier molecular flexibility index (Phi) is 25.8. The number of hydrogen-bond donors (Lipinski definition) is 0. The topological polar surface area (TPSA) is 0 Å². The second-order valence-corrected chi connectivity index (χ2v) is 15.7. The molecule has 100 valence electrons. The quantitative estimate of drug-likeness (QED) is 0.473. The van der Waals surface area contributed by atoms with Crippen molar-refractivity contribution in [2.75, 3.05) is 0 Å². The predicted molar refractivity (Wildman–Crippen MR) is 88.5 cm³/mol. The molecule has 17 heavy (non-hydrogen) atoms. The first-order valence-electron chi connectivity index (χ1n) is 5.06. The van der Waals surface area contributed by atoms with Crippen molar-refractivity contribution in [1.29, 1.82) is 0 Å². The van der Waals surface area contributed by atoms with E-state index in [0.29, 0.717) is 0 Å². The minimum atomic E-state index is -0.900. The SMILES string of the molecule is [CH2-]/C=C/[Si](C)(C)C.[CH2-]C=C[Si](C)(C)C.[CH3-].[CH3-].[Ti+4]. The van der Waals surface area contributed by atoms with Crippen LogP contribution in [0.5, 0.6) is 0 Å². The predicted octanol–water partition coefficient (Wildman–Crippen LogP) is 5.41. The molecule has 0 aromatic heterocycles. The van der Waals surface area contributed by atoms with E-state index in [-0.39, 0.29) is 36.6 Å². The third-order valence-corrected chi connectivity index (χ3v) is 3.71. The zero-order chi connectivity index (χ0) is 11.8. The molecule has 0 rings (SSSR count). The molecular weight excluding hydrogens is 272 g/mol. The summed E-state index contributed by atoms with van der Waals surface area (Å²) in [5.41, 5.74) is 4.43. The summed E-state index contributed by atoms with van der Waals surface area (Å²) in [7, 11) is -1.80. The normalized spacial score (nSPS) is 10.7. The molecule has 0 aliphatic carbocycles. The van der Waals surface area contributed by atoms with Gasteiger partial charge in [-0.1, -0.05) is 39.3 Å². The van der Waals surface area contributed by atoms with Crippen LogP contribution in [-0.2, 0) is 21.7 Å². The van der Waals surface area contributed by atoms with Gasteiger partial charge in [-0.05, 0) is 16.1 Å². The molecule has 0 spiro atoms. The molecule has 0 saturated carbocycles. The van der Waals surface area contributed by atoms with Crippen LogP contribution in [0.15, 0.2) is 23.6 Å². The summed E-state index contributed by atoms with van der Waals surface area (Å²) in [6.45, 7) is 21.0. The Morgan fingerprint density at radius 1 is 0.647 bits per heavy atom. The van der Waals surface area contributed by atoms with Crippen molar-refractivity contribution < 1.29 is 21.7 Å². The Morgan fingerprint density at radius 3 is 0.824 bits per heavy atom. The van der Waals surface area contributed by atoms with E-state index >= 15 is 0 Å². The fourth-order valence-electron chi connectivity index (χ4n) is 0.707. The van der Waals surface area contributed by atoms with E-state index in [4.69, 9.17) is 0 Å². The first kappa shape index (κ1) is 30.4. The largest absolute Gasteiger partial charge is 4.00 e. The molecule has 0 amide bonds. The van der Waals surface area contributed by atoms with Gasteiger partial charge in [-0.25, -0.2) is 37.4 Å². The van der Waals surface area contributed by atoms with Crippen molar-refractivity contribution in [2.45, 2.75) is 39.3 Å². The van der Waals surface area contributed by atoms with Crippen LogP contribution in [0.1, 0.15) is 0 Å². The molecule has 3 heteroatoms. The average Bonchev–Trinajstić information content (AvgIpc) is 1.81. The van der Waals surface area contributed by atoms with Gasteiger partial charge in [0.05, 0.1) is 0 Å². The van der Waals surface area contributed by atoms with E-state index < -0.39 is 16.1 Å². The van der Waals surface area contributed by atoms with Gasteiger partial charge in [-0.3, -0.25) is 0 Å². The van der Waals surface area contributed by atoms with Crippen LogP contribution in [-0.4, -0.2) is 16.1 Å². The fourth-order valence-corrected chi connectivity index (χ4v) is 2.12. The monoisotopic (exact) mass is 304 g/mol. The van der Waals surface area contributed by atoms with E-state index in [9.17, 15) is 0 Å². The van der Waals surface area contributed by atoms with E-state index in [2.05, 4.69) is 64.5 Å². The molecule has 0 bridgehead atoms.